The van der Waals surface area contributed by atoms with Crippen LogP contribution in [0.2, 0.25) is 0 Å². The fraction of sp³-hybridized carbons (Fsp3) is 0.850. The summed E-state index contributed by atoms with van der Waals surface area (Å²) in [7, 11) is 0. The van der Waals surface area contributed by atoms with E-state index in [4.69, 9.17) is 0 Å². The minimum absolute atomic E-state index is 0.0755. The summed E-state index contributed by atoms with van der Waals surface area (Å²) in [5.41, 5.74) is 0.181. The second-order valence-electron chi connectivity index (χ2n) is 9.17. The third kappa shape index (κ3) is 1.37. The number of carbonyl (C=O) groups is 1. The third-order valence-corrected chi connectivity index (χ3v) is 8.76. The Kier molecular flexibility index (Phi) is 2.59. The van der Waals surface area contributed by atoms with Crippen molar-refractivity contribution in [3.05, 3.63) is 12.2 Å². The Morgan fingerprint density at radius 3 is 2.23 bits per heavy atom. The molecule has 0 amide bonds. The van der Waals surface area contributed by atoms with Crippen LogP contribution in [0.1, 0.15) is 58.3 Å². The van der Waals surface area contributed by atoms with Gasteiger partial charge in [0.2, 0.25) is 0 Å². The summed E-state index contributed by atoms with van der Waals surface area (Å²) in [6.45, 7) is 2.35. The van der Waals surface area contributed by atoms with E-state index in [9.17, 15) is 9.90 Å². The van der Waals surface area contributed by atoms with Gasteiger partial charge >= 0.3 is 0 Å². The molecule has 6 aliphatic rings. The van der Waals surface area contributed by atoms with Crippen LogP contribution in [0.4, 0.5) is 0 Å². The minimum atomic E-state index is -0.770. The number of carbonyl (C=O) groups excluding carboxylic acids is 1. The van der Waals surface area contributed by atoms with Crippen molar-refractivity contribution in [1.82, 2.24) is 0 Å². The molecule has 22 heavy (non-hydrogen) atoms. The van der Waals surface area contributed by atoms with Crippen LogP contribution in [-0.2, 0) is 4.79 Å². The van der Waals surface area contributed by atoms with E-state index in [2.05, 4.69) is 19.1 Å². The lowest BCUT2D eigenvalue weighted by Gasteiger charge is -2.68. The average Bonchev–Trinajstić information content (AvgIpc) is 3.06. The Balaban J connectivity index is 1.65. The summed E-state index contributed by atoms with van der Waals surface area (Å²) in [6, 6.07) is 0. The molecule has 0 saturated heterocycles. The Morgan fingerprint density at radius 1 is 1.09 bits per heavy atom. The zero-order chi connectivity index (χ0) is 15.1. The highest BCUT2D eigenvalue weighted by Crippen LogP contribution is 2.75. The molecule has 0 aromatic carbocycles. The molecule has 0 aliphatic heterocycles. The smallest absolute Gasteiger partial charge is 0.0454 e. The van der Waals surface area contributed by atoms with Crippen molar-refractivity contribution >= 4 is 5.97 Å². The van der Waals surface area contributed by atoms with Crippen LogP contribution in [0, 0.1) is 46.3 Å². The molecule has 5 saturated carbocycles. The van der Waals surface area contributed by atoms with Crippen molar-refractivity contribution in [2.75, 3.05) is 0 Å². The monoisotopic (exact) mass is 299 g/mol. The minimum Gasteiger partial charge on any atom is -0.550 e. The Bertz CT molecular complexity index is 520. The molecule has 6 aliphatic carbocycles. The topological polar surface area (TPSA) is 40.1 Å². The van der Waals surface area contributed by atoms with Gasteiger partial charge in [0.25, 0.3) is 0 Å². The van der Waals surface area contributed by atoms with Crippen molar-refractivity contribution in [3.8, 4) is 0 Å². The number of hydrogen-bond acceptors (Lipinski definition) is 2. The summed E-state index contributed by atoms with van der Waals surface area (Å²) in [5, 5.41) is 11.9. The lowest BCUT2D eigenvalue weighted by molar-refractivity contribution is -0.318. The van der Waals surface area contributed by atoms with Gasteiger partial charge in [-0.15, -0.1) is 0 Å². The summed E-state index contributed by atoms with van der Waals surface area (Å²) in [4.78, 5) is 11.9. The van der Waals surface area contributed by atoms with Gasteiger partial charge in [0.1, 0.15) is 0 Å². The van der Waals surface area contributed by atoms with E-state index < -0.39 is 5.97 Å². The number of carboxylic acid groups (broad SMARTS) is 1. The second kappa shape index (κ2) is 4.19. The molecule has 0 aromatic rings. The van der Waals surface area contributed by atoms with Gasteiger partial charge in [0, 0.05) is 17.3 Å². The van der Waals surface area contributed by atoms with Gasteiger partial charge in [-0.3, -0.25) is 0 Å². The number of rotatable bonds is 3. The van der Waals surface area contributed by atoms with Crippen molar-refractivity contribution in [1.29, 1.82) is 0 Å². The zero-order valence-electron chi connectivity index (χ0n) is 13.6. The van der Waals surface area contributed by atoms with Crippen molar-refractivity contribution in [2.45, 2.75) is 58.3 Å². The zero-order valence-corrected chi connectivity index (χ0v) is 13.6. The predicted octanol–water partition coefficient (Wildman–Crippen LogP) is 3.17. The SMILES string of the molecule is CCC1(C23C=CC(CC2C(=O)[O-])C3)C2CC3CC(C2)CC1C3. The maximum Gasteiger partial charge on any atom is 0.0454 e. The molecule has 6 bridgehead atoms. The van der Waals surface area contributed by atoms with Crippen molar-refractivity contribution in [3.63, 3.8) is 0 Å². The van der Waals surface area contributed by atoms with Crippen LogP contribution in [0.25, 0.3) is 0 Å². The maximum absolute atomic E-state index is 11.9. The van der Waals surface area contributed by atoms with E-state index in [-0.39, 0.29) is 16.7 Å². The van der Waals surface area contributed by atoms with Gasteiger partial charge in [-0.25, -0.2) is 0 Å². The fourth-order valence-corrected chi connectivity index (χ4v) is 8.48. The highest BCUT2D eigenvalue weighted by atomic mass is 16.4. The summed E-state index contributed by atoms with van der Waals surface area (Å²) >= 11 is 0. The molecule has 5 fully saturated rings. The molecule has 2 heteroatoms. The molecule has 0 radical (unpaired) electrons. The first kappa shape index (κ1) is 13.6. The first-order valence-corrected chi connectivity index (χ1v) is 9.49. The highest BCUT2D eigenvalue weighted by molar-refractivity contribution is 5.71. The molecule has 2 nitrogen and oxygen atoms in total. The van der Waals surface area contributed by atoms with Crippen LogP contribution in [0.5, 0.6) is 0 Å². The Morgan fingerprint density at radius 2 is 1.73 bits per heavy atom. The molecule has 6 rings (SSSR count). The number of fused-ring (bicyclic) bond motifs is 3. The van der Waals surface area contributed by atoms with Crippen LogP contribution in [0.3, 0.4) is 0 Å². The second-order valence-corrected chi connectivity index (χ2v) is 9.17. The van der Waals surface area contributed by atoms with Gasteiger partial charge in [0.15, 0.2) is 0 Å². The van der Waals surface area contributed by atoms with E-state index in [0.717, 1.165) is 36.5 Å². The summed E-state index contributed by atoms with van der Waals surface area (Å²) < 4.78 is 0. The quantitative estimate of drug-likeness (QED) is 0.751. The molecule has 0 N–H and O–H groups in total. The van der Waals surface area contributed by atoms with Gasteiger partial charge in [-0.2, -0.15) is 0 Å². The number of carboxylic acids is 1. The third-order valence-electron chi connectivity index (χ3n) is 8.76. The maximum atomic E-state index is 11.9. The van der Waals surface area contributed by atoms with Crippen molar-refractivity contribution in [2.24, 2.45) is 46.3 Å². The molecular formula is C20H27O2-. The normalized spacial score (nSPS) is 57.7. The number of aliphatic carboxylic acids is 1. The van der Waals surface area contributed by atoms with Gasteiger partial charge in [-0.1, -0.05) is 19.1 Å². The predicted molar refractivity (Wildman–Crippen MR) is 82.6 cm³/mol. The summed E-state index contributed by atoms with van der Waals surface area (Å²) in [5.74, 6) is 2.95. The molecule has 0 spiro atoms. The highest BCUT2D eigenvalue weighted by Gasteiger charge is 2.68. The van der Waals surface area contributed by atoms with Crippen LogP contribution >= 0.6 is 0 Å². The average molecular weight is 299 g/mol. The number of allylic oxidation sites excluding steroid dienone is 2. The Hall–Kier alpha value is -0.790. The van der Waals surface area contributed by atoms with E-state index in [1.54, 1.807) is 0 Å². The molecule has 3 atom stereocenters. The van der Waals surface area contributed by atoms with Crippen LogP contribution in [-0.4, -0.2) is 5.97 Å². The molecule has 0 aromatic heterocycles. The van der Waals surface area contributed by atoms with E-state index in [0.29, 0.717) is 5.92 Å². The lowest BCUT2D eigenvalue weighted by Crippen LogP contribution is -2.62. The van der Waals surface area contributed by atoms with Crippen molar-refractivity contribution < 1.29 is 9.90 Å². The van der Waals surface area contributed by atoms with E-state index in [1.165, 1.54) is 38.5 Å². The first-order chi connectivity index (χ1) is 10.6. The Labute approximate surface area is 133 Å². The fourth-order valence-electron chi connectivity index (χ4n) is 8.48. The molecule has 120 valence electrons. The van der Waals surface area contributed by atoms with Crippen LogP contribution < -0.4 is 5.11 Å². The summed E-state index contributed by atoms with van der Waals surface area (Å²) in [6.07, 6.45) is 14.8. The molecular weight excluding hydrogens is 272 g/mol. The lowest BCUT2D eigenvalue weighted by atomic mass is 9.37. The first-order valence-electron chi connectivity index (χ1n) is 9.49. The number of hydrogen-bond donors (Lipinski definition) is 0. The van der Waals surface area contributed by atoms with Crippen LogP contribution in [0.15, 0.2) is 12.2 Å². The standard InChI is InChI=1S/C20H28O2/c1-2-20(15-6-13-5-14(8-15)9-16(20)7-13)19-4-3-12(11-19)10-17(19)18(21)22/h3-4,12-17H,2,5-11H2,1H3,(H,21,22)/p-1. The molecule has 3 unspecified atom stereocenters. The largest absolute Gasteiger partial charge is 0.550 e. The van der Waals surface area contributed by atoms with Gasteiger partial charge < -0.3 is 9.90 Å². The van der Waals surface area contributed by atoms with Gasteiger partial charge in [0.05, 0.1) is 0 Å². The van der Waals surface area contributed by atoms with E-state index in [1.807, 2.05) is 0 Å². The van der Waals surface area contributed by atoms with E-state index >= 15 is 0 Å². The van der Waals surface area contributed by atoms with Gasteiger partial charge in [-0.05, 0) is 86.4 Å². The molecule has 0 heterocycles.